The van der Waals surface area contributed by atoms with Crippen LogP contribution in [-0.2, 0) is 4.79 Å². The van der Waals surface area contributed by atoms with Gasteiger partial charge in [-0.25, -0.2) is 0 Å². The highest BCUT2D eigenvalue weighted by atomic mass is 16.4. The van der Waals surface area contributed by atoms with Crippen molar-refractivity contribution >= 4 is 5.97 Å². The maximum Gasteiger partial charge on any atom is 0.322 e. The van der Waals surface area contributed by atoms with E-state index in [2.05, 4.69) is 31.0 Å². The van der Waals surface area contributed by atoms with E-state index in [0.29, 0.717) is 18.5 Å². The second-order valence-corrected chi connectivity index (χ2v) is 5.26. The lowest BCUT2D eigenvalue weighted by atomic mass is 10.0. The van der Waals surface area contributed by atoms with Gasteiger partial charge in [-0.3, -0.25) is 4.79 Å². The fourth-order valence-corrected chi connectivity index (χ4v) is 1.88. The largest absolute Gasteiger partial charge is 0.480 e. The average molecular weight is 244 g/mol. The summed E-state index contributed by atoms with van der Waals surface area (Å²) in [6.45, 7) is 9.88. The molecule has 4 heteroatoms. The number of carboxylic acid groups (broad SMARTS) is 1. The molecular formula is C13H28N2O2. The summed E-state index contributed by atoms with van der Waals surface area (Å²) in [6.07, 6.45) is 2.05. The van der Waals surface area contributed by atoms with Crippen LogP contribution < -0.4 is 5.32 Å². The van der Waals surface area contributed by atoms with Crippen molar-refractivity contribution in [2.75, 3.05) is 20.1 Å². The van der Waals surface area contributed by atoms with Gasteiger partial charge in [0.15, 0.2) is 0 Å². The molecule has 102 valence electrons. The number of nitrogens with zero attached hydrogens (tertiary/aromatic N) is 1. The maximum absolute atomic E-state index is 11.1. The van der Waals surface area contributed by atoms with E-state index < -0.39 is 12.0 Å². The quantitative estimate of drug-likeness (QED) is 0.649. The Labute approximate surface area is 105 Å². The molecule has 0 rings (SSSR count). The lowest BCUT2D eigenvalue weighted by molar-refractivity contribution is -0.140. The Morgan fingerprint density at radius 2 is 1.94 bits per heavy atom. The Kier molecular flexibility index (Phi) is 8.17. The first kappa shape index (κ1) is 16.4. The van der Waals surface area contributed by atoms with Crippen molar-refractivity contribution in [3.8, 4) is 0 Å². The fraction of sp³-hybridized carbons (Fsp3) is 0.923. The summed E-state index contributed by atoms with van der Waals surface area (Å²) in [5.74, 6) is -0.124. The van der Waals surface area contributed by atoms with E-state index >= 15 is 0 Å². The summed E-state index contributed by atoms with van der Waals surface area (Å²) >= 11 is 0. The van der Waals surface area contributed by atoms with Crippen LogP contribution >= 0.6 is 0 Å². The zero-order chi connectivity index (χ0) is 13.4. The highest BCUT2D eigenvalue weighted by Crippen LogP contribution is 2.09. The van der Waals surface area contributed by atoms with Crippen LogP contribution in [0.15, 0.2) is 0 Å². The first-order chi connectivity index (χ1) is 7.88. The van der Waals surface area contributed by atoms with Crippen molar-refractivity contribution in [3.05, 3.63) is 0 Å². The van der Waals surface area contributed by atoms with Gasteiger partial charge in [-0.05, 0) is 39.3 Å². The van der Waals surface area contributed by atoms with Crippen LogP contribution in [0, 0.1) is 5.92 Å². The predicted octanol–water partition coefficient (Wildman–Crippen LogP) is 1.81. The first-order valence-corrected chi connectivity index (χ1v) is 6.54. The molecule has 0 saturated heterocycles. The van der Waals surface area contributed by atoms with Crippen molar-refractivity contribution in [1.29, 1.82) is 0 Å². The molecule has 0 aromatic rings. The second-order valence-electron chi connectivity index (χ2n) is 5.26. The van der Waals surface area contributed by atoms with Gasteiger partial charge in [0, 0.05) is 12.6 Å². The molecule has 2 N–H and O–H groups in total. The summed E-state index contributed by atoms with van der Waals surface area (Å²) in [6, 6.07) is -0.0464. The van der Waals surface area contributed by atoms with Crippen molar-refractivity contribution in [2.24, 2.45) is 5.92 Å². The molecule has 0 amide bonds. The van der Waals surface area contributed by atoms with Crippen LogP contribution in [0.2, 0.25) is 0 Å². The van der Waals surface area contributed by atoms with Gasteiger partial charge in [0.2, 0.25) is 0 Å². The van der Waals surface area contributed by atoms with Crippen LogP contribution in [0.3, 0.4) is 0 Å². The van der Waals surface area contributed by atoms with E-state index in [1.807, 2.05) is 14.0 Å². The third-order valence-corrected chi connectivity index (χ3v) is 2.97. The monoisotopic (exact) mass is 244 g/mol. The number of aliphatic carboxylic acids is 1. The lowest BCUT2D eigenvalue weighted by Crippen LogP contribution is -2.47. The molecule has 17 heavy (non-hydrogen) atoms. The normalized spacial score (nSPS) is 15.2. The zero-order valence-corrected chi connectivity index (χ0v) is 11.9. The van der Waals surface area contributed by atoms with Crippen LogP contribution in [0.5, 0.6) is 0 Å². The maximum atomic E-state index is 11.1. The summed E-state index contributed by atoms with van der Waals surface area (Å²) in [5, 5.41) is 12.2. The molecule has 0 bridgehead atoms. The van der Waals surface area contributed by atoms with Gasteiger partial charge in [-0.15, -0.1) is 0 Å². The van der Waals surface area contributed by atoms with Crippen molar-refractivity contribution < 1.29 is 9.90 Å². The van der Waals surface area contributed by atoms with E-state index in [-0.39, 0.29) is 0 Å². The molecule has 0 fully saturated rings. The molecule has 0 aliphatic carbocycles. The molecule has 0 spiro atoms. The number of carbonyl (C=O) groups is 1. The van der Waals surface area contributed by atoms with Gasteiger partial charge in [0.1, 0.15) is 6.04 Å². The number of hydrogen-bond acceptors (Lipinski definition) is 3. The zero-order valence-electron chi connectivity index (χ0n) is 11.9. The molecule has 4 nitrogen and oxygen atoms in total. The molecule has 2 unspecified atom stereocenters. The Hall–Kier alpha value is -0.610. The Morgan fingerprint density at radius 3 is 2.35 bits per heavy atom. The molecule has 2 atom stereocenters. The molecule has 0 aromatic heterocycles. The topological polar surface area (TPSA) is 52.6 Å². The number of rotatable bonds is 9. The van der Waals surface area contributed by atoms with Crippen molar-refractivity contribution in [1.82, 2.24) is 10.2 Å². The van der Waals surface area contributed by atoms with Gasteiger partial charge in [0.05, 0.1) is 0 Å². The molecule has 0 aliphatic heterocycles. The van der Waals surface area contributed by atoms with Crippen LogP contribution in [-0.4, -0.2) is 48.2 Å². The number of carboxylic acids is 1. The molecule has 0 heterocycles. The Bertz CT molecular complexity index is 219. The third-order valence-electron chi connectivity index (χ3n) is 2.97. The van der Waals surface area contributed by atoms with E-state index in [4.69, 9.17) is 5.11 Å². The second kappa shape index (κ2) is 8.48. The minimum absolute atomic E-state index is 0.417. The minimum Gasteiger partial charge on any atom is -0.480 e. The predicted molar refractivity (Wildman–Crippen MR) is 71.3 cm³/mol. The summed E-state index contributed by atoms with van der Waals surface area (Å²) in [5.41, 5.74) is 0. The van der Waals surface area contributed by atoms with Gasteiger partial charge in [-0.1, -0.05) is 20.8 Å². The number of hydrogen-bond donors (Lipinski definition) is 2. The van der Waals surface area contributed by atoms with E-state index in [0.717, 1.165) is 19.4 Å². The molecule has 0 saturated carbocycles. The summed E-state index contributed by atoms with van der Waals surface area (Å²) < 4.78 is 0. The standard InChI is InChI=1S/C13H28N2O2/c1-6-7-14-12(13(16)17)9-15(5)11(4)8-10(2)3/h10-12,14H,6-9H2,1-5H3,(H,16,17). The fourth-order valence-electron chi connectivity index (χ4n) is 1.88. The third kappa shape index (κ3) is 7.34. The van der Waals surface area contributed by atoms with Crippen molar-refractivity contribution in [2.45, 2.75) is 52.6 Å². The van der Waals surface area contributed by atoms with Crippen LogP contribution in [0.4, 0.5) is 0 Å². The van der Waals surface area contributed by atoms with Gasteiger partial charge < -0.3 is 15.3 Å². The van der Waals surface area contributed by atoms with Crippen molar-refractivity contribution in [3.63, 3.8) is 0 Å². The first-order valence-electron chi connectivity index (χ1n) is 6.54. The molecule has 0 aromatic carbocycles. The SMILES string of the molecule is CCCNC(CN(C)C(C)CC(C)C)C(=O)O. The summed E-state index contributed by atoms with van der Waals surface area (Å²) in [4.78, 5) is 13.2. The minimum atomic E-state index is -0.762. The smallest absolute Gasteiger partial charge is 0.322 e. The van der Waals surface area contributed by atoms with E-state index in [9.17, 15) is 4.79 Å². The van der Waals surface area contributed by atoms with E-state index in [1.165, 1.54) is 0 Å². The van der Waals surface area contributed by atoms with Crippen LogP contribution in [0.1, 0.15) is 40.5 Å². The average Bonchev–Trinajstić information content (AvgIpc) is 2.22. The van der Waals surface area contributed by atoms with Gasteiger partial charge in [-0.2, -0.15) is 0 Å². The molecule has 0 aliphatic rings. The molecule has 0 radical (unpaired) electrons. The van der Waals surface area contributed by atoms with Gasteiger partial charge in [0.25, 0.3) is 0 Å². The highest BCUT2D eigenvalue weighted by Gasteiger charge is 2.21. The van der Waals surface area contributed by atoms with Crippen LogP contribution in [0.25, 0.3) is 0 Å². The number of nitrogens with one attached hydrogen (secondary N) is 1. The molecular weight excluding hydrogens is 216 g/mol. The van der Waals surface area contributed by atoms with Gasteiger partial charge >= 0.3 is 5.97 Å². The lowest BCUT2D eigenvalue weighted by Gasteiger charge is -2.28. The summed E-state index contributed by atoms with van der Waals surface area (Å²) in [7, 11) is 2.00. The van der Waals surface area contributed by atoms with E-state index in [1.54, 1.807) is 0 Å². The Balaban J connectivity index is 4.19. The number of likely N-dealkylation sites (N-methyl/N-ethyl adjacent to an activating group) is 1. The Morgan fingerprint density at radius 1 is 1.35 bits per heavy atom. The highest BCUT2D eigenvalue weighted by molar-refractivity contribution is 5.73.